The third kappa shape index (κ3) is 3.70. The number of fused-ring (bicyclic) bond motifs is 1. The maximum absolute atomic E-state index is 12.6. The molecule has 2 aromatic carbocycles. The van der Waals surface area contributed by atoms with E-state index in [0.717, 1.165) is 0 Å². The van der Waals surface area contributed by atoms with Gasteiger partial charge in [0.15, 0.2) is 5.69 Å². The molecule has 0 aliphatic heterocycles. The molecule has 0 unspecified atom stereocenters. The molecule has 7 nitrogen and oxygen atoms in total. The van der Waals surface area contributed by atoms with Gasteiger partial charge in [-0.25, -0.2) is 10.1 Å². The molecule has 1 amide bonds. The van der Waals surface area contributed by atoms with Crippen molar-refractivity contribution in [1.82, 2.24) is 15.2 Å². The molecule has 0 aliphatic rings. The van der Waals surface area contributed by atoms with E-state index < -0.39 is 5.91 Å². The highest BCUT2D eigenvalue weighted by atomic mass is 35.5. The highest BCUT2D eigenvalue weighted by Crippen LogP contribution is 2.22. The van der Waals surface area contributed by atoms with Gasteiger partial charge in [0.1, 0.15) is 5.75 Å². The molecule has 2 heterocycles. The SMILES string of the molecule is O=C(Nc1ccc(Oc2ccc(Cl)cc2)nc1)c1n[nH]c(=O)c2ccccc12. The third-order valence-electron chi connectivity index (χ3n) is 3.94. The van der Waals surface area contributed by atoms with Crippen LogP contribution in [0, 0.1) is 0 Å². The molecule has 2 aromatic heterocycles. The second kappa shape index (κ2) is 7.50. The number of anilines is 1. The monoisotopic (exact) mass is 392 g/mol. The first kappa shape index (κ1) is 17.7. The molecule has 0 bridgehead atoms. The largest absolute Gasteiger partial charge is 0.439 e. The Kier molecular flexibility index (Phi) is 4.74. The molecule has 0 atom stereocenters. The number of ether oxygens (including phenoxy) is 1. The number of aromatic amines is 1. The van der Waals surface area contributed by atoms with Crippen molar-refractivity contribution in [3.8, 4) is 11.6 Å². The first-order valence-electron chi connectivity index (χ1n) is 8.28. The van der Waals surface area contributed by atoms with Crippen LogP contribution in [0.5, 0.6) is 11.6 Å². The summed E-state index contributed by atoms with van der Waals surface area (Å²) in [5.74, 6) is 0.506. The van der Waals surface area contributed by atoms with Gasteiger partial charge < -0.3 is 10.1 Å². The minimum Gasteiger partial charge on any atom is -0.439 e. The van der Waals surface area contributed by atoms with Gasteiger partial charge in [0.05, 0.1) is 17.3 Å². The predicted octanol–water partition coefficient (Wildman–Crippen LogP) is 4.02. The topological polar surface area (TPSA) is 97.0 Å². The van der Waals surface area contributed by atoms with Crippen molar-refractivity contribution in [3.05, 3.63) is 87.9 Å². The van der Waals surface area contributed by atoms with E-state index in [4.69, 9.17) is 16.3 Å². The number of nitrogens with zero attached hydrogens (tertiary/aromatic N) is 2. The van der Waals surface area contributed by atoms with Crippen molar-refractivity contribution in [2.75, 3.05) is 5.32 Å². The molecular weight excluding hydrogens is 380 g/mol. The molecule has 28 heavy (non-hydrogen) atoms. The van der Waals surface area contributed by atoms with Crippen molar-refractivity contribution >= 4 is 34.0 Å². The molecule has 0 fully saturated rings. The number of amides is 1. The number of hydrogen-bond acceptors (Lipinski definition) is 5. The number of halogens is 1. The number of aromatic nitrogens is 3. The summed E-state index contributed by atoms with van der Waals surface area (Å²) in [5, 5.41) is 10.4. The van der Waals surface area contributed by atoms with Crippen LogP contribution in [-0.2, 0) is 0 Å². The van der Waals surface area contributed by atoms with E-state index in [1.54, 1.807) is 60.7 Å². The lowest BCUT2D eigenvalue weighted by Gasteiger charge is -2.08. The molecule has 138 valence electrons. The summed E-state index contributed by atoms with van der Waals surface area (Å²) in [5.41, 5.74) is 0.236. The Labute approximate surface area is 164 Å². The Morgan fingerprint density at radius 3 is 2.46 bits per heavy atom. The Balaban J connectivity index is 1.52. The fourth-order valence-electron chi connectivity index (χ4n) is 2.62. The minimum atomic E-state index is -0.458. The highest BCUT2D eigenvalue weighted by Gasteiger charge is 2.14. The van der Waals surface area contributed by atoms with Crippen LogP contribution in [0.2, 0.25) is 5.02 Å². The van der Waals surface area contributed by atoms with Gasteiger partial charge in [-0.3, -0.25) is 9.59 Å². The summed E-state index contributed by atoms with van der Waals surface area (Å²) in [6, 6.07) is 16.9. The van der Waals surface area contributed by atoms with Gasteiger partial charge in [-0.15, -0.1) is 0 Å². The van der Waals surface area contributed by atoms with Crippen LogP contribution in [0.15, 0.2) is 71.7 Å². The van der Waals surface area contributed by atoms with Gasteiger partial charge >= 0.3 is 0 Å². The lowest BCUT2D eigenvalue weighted by Crippen LogP contribution is -2.19. The number of rotatable bonds is 4. The zero-order valence-corrected chi connectivity index (χ0v) is 15.1. The molecule has 4 rings (SSSR count). The standard InChI is InChI=1S/C20H13ClN4O3/c21-12-5-8-14(9-6-12)28-17-10-7-13(11-22-17)23-20(27)18-15-3-1-2-4-16(15)19(26)25-24-18/h1-11H,(H,23,27)(H,25,26). The van der Waals surface area contributed by atoms with Crippen molar-refractivity contribution in [2.45, 2.75) is 0 Å². The summed E-state index contributed by atoms with van der Waals surface area (Å²) in [6.45, 7) is 0. The quantitative estimate of drug-likeness (QED) is 0.546. The molecule has 0 radical (unpaired) electrons. The van der Waals surface area contributed by atoms with Gasteiger partial charge in [0.25, 0.3) is 11.5 Å². The van der Waals surface area contributed by atoms with E-state index in [2.05, 4.69) is 20.5 Å². The first-order valence-corrected chi connectivity index (χ1v) is 8.66. The van der Waals surface area contributed by atoms with Crippen LogP contribution < -0.4 is 15.6 Å². The minimum absolute atomic E-state index is 0.122. The lowest BCUT2D eigenvalue weighted by atomic mass is 10.1. The molecule has 4 aromatic rings. The number of nitrogens with one attached hydrogen (secondary N) is 2. The van der Waals surface area contributed by atoms with Crippen LogP contribution in [0.25, 0.3) is 10.8 Å². The summed E-state index contributed by atoms with van der Waals surface area (Å²) >= 11 is 5.84. The fourth-order valence-corrected chi connectivity index (χ4v) is 2.74. The van der Waals surface area contributed by atoms with Crippen LogP contribution in [-0.4, -0.2) is 21.1 Å². The number of H-pyrrole nitrogens is 1. The maximum Gasteiger partial charge on any atom is 0.276 e. The van der Waals surface area contributed by atoms with E-state index >= 15 is 0 Å². The summed E-state index contributed by atoms with van der Waals surface area (Å²) in [6.07, 6.45) is 1.47. The van der Waals surface area contributed by atoms with E-state index in [9.17, 15) is 9.59 Å². The van der Waals surface area contributed by atoms with Crippen LogP contribution >= 0.6 is 11.6 Å². The molecule has 8 heteroatoms. The normalized spacial score (nSPS) is 10.6. The molecule has 2 N–H and O–H groups in total. The Bertz CT molecular complexity index is 1200. The molecular formula is C20H13ClN4O3. The summed E-state index contributed by atoms with van der Waals surface area (Å²) in [4.78, 5) is 28.6. The Hall–Kier alpha value is -3.71. The highest BCUT2D eigenvalue weighted by molar-refractivity contribution is 6.30. The lowest BCUT2D eigenvalue weighted by molar-refractivity contribution is 0.102. The maximum atomic E-state index is 12.6. The smallest absolute Gasteiger partial charge is 0.276 e. The molecule has 0 saturated heterocycles. The zero-order chi connectivity index (χ0) is 19.5. The summed E-state index contributed by atoms with van der Waals surface area (Å²) < 4.78 is 5.61. The second-order valence-electron chi connectivity index (χ2n) is 5.84. The van der Waals surface area contributed by atoms with E-state index in [0.29, 0.717) is 33.1 Å². The predicted molar refractivity (Wildman–Crippen MR) is 106 cm³/mol. The summed E-state index contributed by atoms with van der Waals surface area (Å²) in [7, 11) is 0. The number of benzene rings is 2. The van der Waals surface area contributed by atoms with Crippen LogP contribution in [0.3, 0.4) is 0 Å². The van der Waals surface area contributed by atoms with Gasteiger partial charge in [-0.05, 0) is 36.4 Å². The van der Waals surface area contributed by atoms with Crippen molar-refractivity contribution in [3.63, 3.8) is 0 Å². The first-order chi connectivity index (χ1) is 13.6. The van der Waals surface area contributed by atoms with Crippen molar-refractivity contribution < 1.29 is 9.53 Å². The van der Waals surface area contributed by atoms with E-state index in [1.165, 1.54) is 6.20 Å². The van der Waals surface area contributed by atoms with Gasteiger partial charge in [0.2, 0.25) is 5.88 Å². The van der Waals surface area contributed by atoms with Gasteiger partial charge in [-0.2, -0.15) is 5.10 Å². The average Bonchev–Trinajstić information content (AvgIpc) is 2.71. The molecule has 0 spiro atoms. The Morgan fingerprint density at radius 2 is 1.75 bits per heavy atom. The van der Waals surface area contributed by atoms with Gasteiger partial charge in [-0.1, -0.05) is 29.8 Å². The number of carbonyl (C=O) groups is 1. The van der Waals surface area contributed by atoms with Crippen LogP contribution in [0.4, 0.5) is 5.69 Å². The number of hydrogen-bond donors (Lipinski definition) is 2. The number of carbonyl (C=O) groups excluding carboxylic acids is 1. The fraction of sp³-hybridized carbons (Fsp3) is 0. The average molecular weight is 393 g/mol. The second-order valence-corrected chi connectivity index (χ2v) is 6.28. The van der Waals surface area contributed by atoms with E-state index in [-0.39, 0.29) is 11.3 Å². The van der Waals surface area contributed by atoms with Crippen molar-refractivity contribution in [2.24, 2.45) is 0 Å². The molecule has 0 saturated carbocycles. The number of pyridine rings is 1. The third-order valence-corrected chi connectivity index (χ3v) is 4.19. The van der Waals surface area contributed by atoms with Gasteiger partial charge in [0, 0.05) is 16.5 Å². The molecule has 0 aliphatic carbocycles. The Morgan fingerprint density at radius 1 is 1.00 bits per heavy atom. The zero-order valence-electron chi connectivity index (χ0n) is 14.3. The van der Waals surface area contributed by atoms with Crippen LogP contribution in [0.1, 0.15) is 10.5 Å². The van der Waals surface area contributed by atoms with Crippen molar-refractivity contribution in [1.29, 1.82) is 0 Å². The van der Waals surface area contributed by atoms with E-state index in [1.807, 2.05) is 0 Å².